The molecule has 0 aliphatic carbocycles. The van der Waals surface area contributed by atoms with E-state index in [4.69, 9.17) is 19.0 Å². The number of ether oxygens (including phenoxy) is 2. The Bertz CT molecular complexity index is 2550. The quantitative estimate of drug-likeness (QED) is 0.0745. The van der Waals surface area contributed by atoms with Gasteiger partial charge in [-0.2, -0.15) is 0 Å². The molecule has 1 saturated heterocycles. The smallest absolute Gasteiger partial charge is 0.414 e. The number of nitrogens with one attached hydrogen (secondary N) is 2. The van der Waals surface area contributed by atoms with Crippen LogP contribution in [0.15, 0.2) is 71.0 Å². The van der Waals surface area contributed by atoms with Gasteiger partial charge in [-0.05, 0) is 81.8 Å². The summed E-state index contributed by atoms with van der Waals surface area (Å²) in [6.07, 6.45) is 3.65. The standard InChI is InChI=1S/C46H54N8O7S2/c1-26(2)41(39-16-28(5)52-61-39)44(57)54-24-35(55)20-37(54)43(56)49-22-32-11-10-31(42-29(6)50-25-62-42)18-38(32)59-15-9-8-14-48-45-51-36-13-12-30(19-40(36)63-45)33-17-34(23-47-21-33)53(7)46(58)60-27(3)4/h10-13,16-19,21,23,25-27,35,37,41,55H,8-9,14-15,20,22,24H2,1-7H3,(H,48,51)(H,49,56)/t35-,37+,41-/m1/s1. The van der Waals surface area contributed by atoms with Gasteiger partial charge < -0.3 is 34.6 Å². The number of β-amino-alcohol motifs (C(OH)–C–C–N with tert-alkyl or cyclic N) is 1. The fourth-order valence-corrected chi connectivity index (χ4v) is 9.28. The molecule has 4 aromatic heterocycles. The van der Waals surface area contributed by atoms with Crippen molar-refractivity contribution in [2.45, 2.75) is 91.5 Å². The highest BCUT2D eigenvalue weighted by Gasteiger charge is 2.43. The molecule has 0 bridgehead atoms. The second-order valence-electron chi connectivity index (χ2n) is 16.4. The van der Waals surface area contributed by atoms with Gasteiger partial charge in [-0.25, -0.2) is 14.8 Å². The summed E-state index contributed by atoms with van der Waals surface area (Å²) in [7, 11) is 1.67. The minimum Gasteiger partial charge on any atom is -0.493 e. The molecule has 1 fully saturated rings. The number of carbonyl (C=O) groups is 3. The minimum absolute atomic E-state index is 0.0603. The molecule has 63 heavy (non-hydrogen) atoms. The van der Waals surface area contributed by atoms with Crippen molar-refractivity contribution in [2.75, 3.05) is 37.0 Å². The summed E-state index contributed by atoms with van der Waals surface area (Å²) in [5, 5.41) is 21.9. The van der Waals surface area contributed by atoms with Crippen molar-refractivity contribution in [1.82, 2.24) is 30.3 Å². The van der Waals surface area contributed by atoms with E-state index in [1.54, 1.807) is 55.1 Å². The predicted octanol–water partition coefficient (Wildman–Crippen LogP) is 8.36. The zero-order valence-electron chi connectivity index (χ0n) is 36.6. The van der Waals surface area contributed by atoms with Gasteiger partial charge in [0, 0.05) is 56.5 Å². The molecule has 6 aromatic rings. The van der Waals surface area contributed by atoms with Crippen molar-refractivity contribution in [3.8, 4) is 27.3 Å². The Morgan fingerprint density at radius 2 is 1.83 bits per heavy atom. The summed E-state index contributed by atoms with van der Waals surface area (Å²) >= 11 is 3.13. The first-order chi connectivity index (χ1) is 30.2. The first-order valence-electron chi connectivity index (χ1n) is 21.2. The number of fused-ring (bicyclic) bond motifs is 1. The minimum atomic E-state index is -0.837. The molecular formula is C46H54N8O7S2. The van der Waals surface area contributed by atoms with E-state index in [1.165, 1.54) is 9.80 Å². The maximum Gasteiger partial charge on any atom is 0.414 e. The zero-order valence-corrected chi connectivity index (χ0v) is 38.2. The van der Waals surface area contributed by atoms with Crippen molar-refractivity contribution < 1.29 is 33.5 Å². The number of aromatic nitrogens is 4. The van der Waals surface area contributed by atoms with Crippen LogP contribution in [0.25, 0.3) is 31.8 Å². The van der Waals surface area contributed by atoms with E-state index in [0.717, 1.165) is 61.0 Å². The largest absolute Gasteiger partial charge is 0.493 e. The maximum atomic E-state index is 13.9. The van der Waals surface area contributed by atoms with Crippen molar-refractivity contribution >= 4 is 61.6 Å². The van der Waals surface area contributed by atoms with Crippen LogP contribution in [0.2, 0.25) is 0 Å². The van der Waals surface area contributed by atoms with Crippen LogP contribution < -0.4 is 20.3 Å². The molecule has 1 aliphatic rings. The molecule has 17 heteroatoms. The lowest BCUT2D eigenvalue weighted by Crippen LogP contribution is -2.48. The van der Waals surface area contributed by atoms with Crippen LogP contribution in [0.1, 0.15) is 75.6 Å². The lowest BCUT2D eigenvalue weighted by atomic mass is 9.91. The van der Waals surface area contributed by atoms with E-state index < -0.39 is 24.2 Å². The molecular weight excluding hydrogens is 841 g/mol. The molecule has 3 N–H and O–H groups in total. The highest BCUT2D eigenvalue weighted by Crippen LogP contribution is 2.35. The van der Waals surface area contributed by atoms with E-state index in [0.29, 0.717) is 36.0 Å². The van der Waals surface area contributed by atoms with E-state index in [2.05, 4.69) is 31.8 Å². The Morgan fingerprint density at radius 1 is 1.02 bits per heavy atom. The van der Waals surface area contributed by atoms with Gasteiger partial charge in [0.2, 0.25) is 11.8 Å². The third-order valence-corrected chi connectivity index (χ3v) is 12.8. The molecule has 15 nitrogen and oxygen atoms in total. The number of unbranched alkanes of at least 4 members (excludes halogenated alkanes) is 1. The van der Waals surface area contributed by atoms with E-state index in [1.807, 2.05) is 76.5 Å². The monoisotopic (exact) mass is 894 g/mol. The van der Waals surface area contributed by atoms with Gasteiger partial charge in [0.1, 0.15) is 23.5 Å². The average Bonchev–Trinajstić information content (AvgIpc) is 4.07. The Balaban J connectivity index is 0.954. The van der Waals surface area contributed by atoms with Crippen LogP contribution in [0.4, 0.5) is 15.6 Å². The summed E-state index contributed by atoms with van der Waals surface area (Å²) in [4.78, 5) is 57.7. The number of rotatable bonds is 17. The van der Waals surface area contributed by atoms with Crippen LogP contribution in [0.5, 0.6) is 5.75 Å². The Kier molecular flexibility index (Phi) is 14.4. The number of hydrogen-bond donors (Lipinski definition) is 3. The number of aryl methyl sites for hydroxylation is 2. The highest BCUT2D eigenvalue weighted by atomic mass is 32.1. The molecule has 7 rings (SSSR count). The van der Waals surface area contributed by atoms with Crippen molar-refractivity contribution in [3.05, 3.63) is 89.1 Å². The molecule has 1 aliphatic heterocycles. The highest BCUT2D eigenvalue weighted by molar-refractivity contribution is 7.22. The van der Waals surface area contributed by atoms with Crippen LogP contribution in [0.3, 0.4) is 0 Å². The van der Waals surface area contributed by atoms with Crippen LogP contribution >= 0.6 is 22.7 Å². The third kappa shape index (κ3) is 10.8. The summed E-state index contributed by atoms with van der Waals surface area (Å²) in [6, 6.07) is 14.8. The first-order valence-corrected chi connectivity index (χ1v) is 22.8. The maximum absolute atomic E-state index is 13.9. The lowest BCUT2D eigenvalue weighted by Gasteiger charge is -2.28. The number of amides is 3. The zero-order chi connectivity index (χ0) is 44.8. The molecule has 3 amide bonds. The number of aliphatic hydroxyl groups excluding tert-OH is 1. The molecule has 332 valence electrons. The number of carbonyl (C=O) groups excluding carboxylic acids is 3. The van der Waals surface area contributed by atoms with Crippen molar-refractivity contribution in [2.24, 2.45) is 5.92 Å². The van der Waals surface area contributed by atoms with Gasteiger partial charge >= 0.3 is 6.09 Å². The lowest BCUT2D eigenvalue weighted by molar-refractivity contribution is -0.141. The summed E-state index contributed by atoms with van der Waals surface area (Å²) in [5.41, 5.74) is 8.54. The second kappa shape index (κ2) is 20.1. The van der Waals surface area contributed by atoms with Crippen LogP contribution in [-0.2, 0) is 20.9 Å². The molecule has 2 aromatic carbocycles. The number of nitrogens with zero attached hydrogens (tertiary/aromatic N) is 6. The topological polar surface area (TPSA) is 185 Å². The summed E-state index contributed by atoms with van der Waals surface area (Å²) in [6.45, 7) is 12.6. The number of pyridine rings is 1. The molecule has 0 unspecified atom stereocenters. The third-order valence-electron chi connectivity index (χ3n) is 10.8. The SMILES string of the molecule is Cc1cc([C@H](C(=O)N2C[C@H](O)C[C@H]2C(=O)NCc2ccc(-c3scnc3C)cc2OCCCCNc2nc3ccc(-c4cncc(N(C)C(=O)OC(C)C)c4)cc3s2)C(C)C)on1. The second-order valence-corrected chi connectivity index (χ2v) is 18.3. The van der Waals surface area contributed by atoms with Crippen LogP contribution in [0, 0.1) is 19.8 Å². The number of likely N-dealkylation sites (tertiary alicyclic amines) is 1. The Labute approximate surface area is 374 Å². The number of benzene rings is 2. The number of thiazole rings is 2. The van der Waals surface area contributed by atoms with Gasteiger partial charge in [-0.1, -0.05) is 48.5 Å². The fraction of sp³-hybridized carbons (Fsp3) is 0.413. The van der Waals surface area contributed by atoms with Gasteiger partial charge in [0.25, 0.3) is 0 Å². The van der Waals surface area contributed by atoms with E-state index in [9.17, 15) is 19.5 Å². The average molecular weight is 895 g/mol. The van der Waals surface area contributed by atoms with Gasteiger partial charge in [0.05, 0.1) is 62.7 Å². The van der Waals surface area contributed by atoms with E-state index in [-0.39, 0.29) is 43.3 Å². The molecule has 3 atom stereocenters. The number of anilines is 2. The predicted molar refractivity (Wildman–Crippen MR) is 245 cm³/mol. The fourth-order valence-electron chi connectivity index (χ4n) is 7.54. The van der Waals surface area contributed by atoms with Gasteiger partial charge in [-0.15, -0.1) is 11.3 Å². The van der Waals surface area contributed by atoms with Crippen molar-refractivity contribution in [3.63, 3.8) is 0 Å². The molecule has 0 spiro atoms. The Morgan fingerprint density at radius 3 is 2.56 bits per heavy atom. The number of aliphatic hydroxyl groups is 1. The Hall–Kier alpha value is -5.91. The number of hydrogen-bond acceptors (Lipinski definition) is 14. The molecule has 0 saturated carbocycles. The van der Waals surface area contributed by atoms with Gasteiger partial charge in [0.15, 0.2) is 5.13 Å². The van der Waals surface area contributed by atoms with E-state index >= 15 is 0 Å². The summed E-state index contributed by atoms with van der Waals surface area (Å²) in [5.74, 6) is -0.269. The van der Waals surface area contributed by atoms with Crippen LogP contribution in [-0.4, -0.2) is 93.0 Å². The van der Waals surface area contributed by atoms with Crippen molar-refractivity contribution in [1.29, 1.82) is 0 Å². The first kappa shape index (κ1) is 45.1. The normalized spacial score (nSPS) is 15.6. The van der Waals surface area contributed by atoms with Gasteiger partial charge in [-0.3, -0.25) is 19.5 Å². The molecule has 0 radical (unpaired) electrons. The molecule has 5 heterocycles. The summed E-state index contributed by atoms with van der Waals surface area (Å²) < 4.78 is 18.2.